The summed E-state index contributed by atoms with van der Waals surface area (Å²) in [5, 5.41) is 9.26. The fourth-order valence-corrected chi connectivity index (χ4v) is 2.29. The van der Waals surface area contributed by atoms with Crippen molar-refractivity contribution < 1.29 is 31.4 Å². The Morgan fingerprint density at radius 3 is 1.89 bits per heavy atom. The van der Waals surface area contributed by atoms with E-state index < -0.39 is 36.2 Å². The molecule has 0 aromatic carbocycles. The zero-order chi connectivity index (χ0) is 15.1. The van der Waals surface area contributed by atoms with Crippen molar-refractivity contribution in [1.29, 1.82) is 0 Å². The predicted molar refractivity (Wildman–Crippen MR) is 57.2 cm³/mol. The van der Waals surface area contributed by atoms with Gasteiger partial charge in [-0.15, -0.1) is 6.58 Å². The smallest absolute Gasteiger partial charge is 0.373 e. The number of halogens is 6. The minimum absolute atomic E-state index is 0.290. The van der Waals surface area contributed by atoms with Gasteiger partial charge < -0.3 is 5.11 Å². The van der Waals surface area contributed by atoms with Crippen molar-refractivity contribution in [3.63, 3.8) is 0 Å². The molecule has 110 valence electrons. The minimum Gasteiger partial charge on any atom is -0.373 e. The maximum absolute atomic E-state index is 12.7. The van der Waals surface area contributed by atoms with Gasteiger partial charge in [0.15, 0.2) is 0 Å². The maximum Gasteiger partial charge on any atom is 0.426 e. The Labute approximate surface area is 106 Å². The molecule has 0 fully saturated rings. The lowest BCUT2D eigenvalue weighted by Gasteiger charge is -2.40. The third-order valence-corrected chi connectivity index (χ3v) is 3.52. The molecule has 1 aliphatic carbocycles. The largest absolute Gasteiger partial charge is 0.426 e. The number of aliphatic hydroxyl groups is 1. The molecule has 0 saturated carbocycles. The first kappa shape index (κ1) is 16.1. The number of allylic oxidation sites excluding steroid dienone is 2. The van der Waals surface area contributed by atoms with Crippen molar-refractivity contribution in [1.82, 2.24) is 0 Å². The van der Waals surface area contributed by atoms with Gasteiger partial charge in [0.05, 0.1) is 0 Å². The molecule has 0 radical (unpaired) electrons. The van der Waals surface area contributed by atoms with Crippen LogP contribution in [0, 0.1) is 17.8 Å². The lowest BCUT2D eigenvalue weighted by molar-refractivity contribution is -0.381. The highest BCUT2D eigenvalue weighted by Gasteiger charge is 2.73. The molecular weight excluding hydrogens is 274 g/mol. The van der Waals surface area contributed by atoms with Crippen LogP contribution in [0.3, 0.4) is 0 Å². The minimum atomic E-state index is -5.78. The summed E-state index contributed by atoms with van der Waals surface area (Å²) in [6.45, 7) is 4.99. The van der Waals surface area contributed by atoms with Gasteiger partial charge in [-0.1, -0.05) is 25.2 Å². The maximum atomic E-state index is 12.7. The van der Waals surface area contributed by atoms with Gasteiger partial charge in [-0.3, -0.25) is 0 Å². The molecule has 1 nitrogen and oxygen atoms in total. The Balaban J connectivity index is 3.20. The first-order valence-electron chi connectivity index (χ1n) is 5.61. The second-order valence-electron chi connectivity index (χ2n) is 4.78. The van der Waals surface area contributed by atoms with Gasteiger partial charge in [0, 0.05) is 5.92 Å². The van der Waals surface area contributed by atoms with E-state index in [-0.39, 0.29) is 5.92 Å². The van der Waals surface area contributed by atoms with Gasteiger partial charge in [-0.05, 0) is 18.3 Å². The van der Waals surface area contributed by atoms with Crippen LogP contribution in [-0.4, -0.2) is 23.1 Å². The zero-order valence-corrected chi connectivity index (χ0v) is 10.1. The fourth-order valence-electron chi connectivity index (χ4n) is 2.29. The average Bonchev–Trinajstić information content (AvgIpc) is 2.24. The van der Waals surface area contributed by atoms with Crippen molar-refractivity contribution in [2.75, 3.05) is 0 Å². The average molecular weight is 288 g/mol. The van der Waals surface area contributed by atoms with Crippen molar-refractivity contribution in [2.24, 2.45) is 17.8 Å². The van der Waals surface area contributed by atoms with Gasteiger partial charge in [0.2, 0.25) is 0 Å². The molecule has 0 saturated heterocycles. The van der Waals surface area contributed by atoms with Crippen LogP contribution in [-0.2, 0) is 0 Å². The number of alkyl halides is 6. The standard InChI is InChI=1S/C12H14F6O/c1-3-8-4-5-9(6-7(8)2)10(19,11(13,14)15)12(16,17)18/h3-5,7-9,19H,1,6H2,2H3. The van der Waals surface area contributed by atoms with Crippen LogP contribution < -0.4 is 0 Å². The topological polar surface area (TPSA) is 20.2 Å². The summed E-state index contributed by atoms with van der Waals surface area (Å²) in [5.74, 6) is -2.79. The lowest BCUT2D eigenvalue weighted by Crippen LogP contribution is -2.61. The molecule has 0 aromatic heterocycles. The molecule has 0 spiro atoms. The molecule has 0 amide bonds. The fraction of sp³-hybridized carbons (Fsp3) is 0.667. The van der Waals surface area contributed by atoms with Gasteiger partial charge >= 0.3 is 12.4 Å². The Bertz CT molecular complexity index is 353. The summed E-state index contributed by atoms with van der Waals surface area (Å²) < 4.78 is 76.0. The van der Waals surface area contributed by atoms with Gasteiger partial charge in [0.25, 0.3) is 5.60 Å². The van der Waals surface area contributed by atoms with Crippen LogP contribution in [0.15, 0.2) is 24.8 Å². The van der Waals surface area contributed by atoms with Crippen LogP contribution in [0.5, 0.6) is 0 Å². The predicted octanol–water partition coefficient (Wildman–Crippen LogP) is 3.86. The van der Waals surface area contributed by atoms with Crippen LogP contribution >= 0.6 is 0 Å². The third kappa shape index (κ3) is 2.66. The van der Waals surface area contributed by atoms with Crippen LogP contribution in [0.2, 0.25) is 0 Å². The molecule has 1 aliphatic rings. The van der Waals surface area contributed by atoms with E-state index in [2.05, 4.69) is 6.58 Å². The van der Waals surface area contributed by atoms with E-state index in [9.17, 15) is 31.4 Å². The van der Waals surface area contributed by atoms with Crippen LogP contribution in [0.25, 0.3) is 0 Å². The van der Waals surface area contributed by atoms with Gasteiger partial charge in [-0.25, -0.2) is 0 Å². The second kappa shape index (κ2) is 4.85. The van der Waals surface area contributed by atoms with E-state index in [1.807, 2.05) is 0 Å². The van der Waals surface area contributed by atoms with Crippen LogP contribution in [0.1, 0.15) is 13.3 Å². The van der Waals surface area contributed by atoms with Crippen LogP contribution in [0.4, 0.5) is 26.3 Å². The molecule has 3 atom stereocenters. The summed E-state index contributed by atoms with van der Waals surface area (Å²) in [6.07, 6.45) is -8.50. The Morgan fingerprint density at radius 1 is 1.11 bits per heavy atom. The quantitative estimate of drug-likeness (QED) is 0.604. The van der Waals surface area contributed by atoms with E-state index in [0.29, 0.717) is 0 Å². The van der Waals surface area contributed by atoms with Crippen molar-refractivity contribution in [2.45, 2.75) is 31.3 Å². The summed E-state index contributed by atoms with van der Waals surface area (Å²) in [6, 6.07) is 0. The van der Waals surface area contributed by atoms with Gasteiger partial charge in [-0.2, -0.15) is 26.3 Å². The molecule has 3 unspecified atom stereocenters. The zero-order valence-electron chi connectivity index (χ0n) is 10.1. The van der Waals surface area contributed by atoms with Crippen molar-refractivity contribution >= 4 is 0 Å². The van der Waals surface area contributed by atoms with E-state index >= 15 is 0 Å². The van der Waals surface area contributed by atoms with Crippen molar-refractivity contribution in [3.05, 3.63) is 24.8 Å². The van der Waals surface area contributed by atoms with Gasteiger partial charge in [0.1, 0.15) is 0 Å². The summed E-state index contributed by atoms with van der Waals surface area (Å²) in [5.41, 5.74) is -4.71. The number of rotatable bonds is 2. The van der Waals surface area contributed by atoms with E-state index in [1.165, 1.54) is 19.1 Å². The third-order valence-electron chi connectivity index (χ3n) is 3.52. The molecule has 1 N–H and O–H groups in total. The molecule has 19 heavy (non-hydrogen) atoms. The van der Waals surface area contributed by atoms with Crippen molar-refractivity contribution in [3.8, 4) is 0 Å². The lowest BCUT2D eigenvalue weighted by atomic mass is 9.72. The highest BCUT2D eigenvalue weighted by Crippen LogP contribution is 2.51. The molecule has 1 rings (SSSR count). The monoisotopic (exact) mass is 288 g/mol. The van der Waals surface area contributed by atoms with E-state index in [4.69, 9.17) is 0 Å². The SMILES string of the molecule is C=CC1C=CC(C(O)(C(F)(F)F)C(F)(F)F)CC1C. The first-order chi connectivity index (χ1) is 8.45. The normalized spacial score (nSPS) is 29.4. The molecule has 7 heteroatoms. The van der Waals surface area contributed by atoms with E-state index in [0.717, 1.165) is 6.08 Å². The summed E-state index contributed by atoms with van der Waals surface area (Å²) in [7, 11) is 0. The highest BCUT2D eigenvalue weighted by atomic mass is 19.4. The Kier molecular flexibility index (Phi) is 4.10. The molecule has 0 aliphatic heterocycles. The molecule has 0 aromatic rings. The molecule has 0 heterocycles. The number of hydrogen-bond acceptors (Lipinski definition) is 1. The second-order valence-corrected chi connectivity index (χ2v) is 4.78. The highest BCUT2D eigenvalue weighted by molar-refractivity contribution is 5.14. The molecule has 0 bridgehead atoms. The Morgan fingerprint density at radius 2 is 1.58 bits per heavy atom. The molecular formula is C12H14F6O. The first-order valence-corrected chi connectivity index (χ1v) is 5.61. The summed E-state index contributed by atoms with van der Waals surface area (Å²) >= 11 is 0. The summed E-state index contributed by atoms with van der Waals surface area (Å²) in [4.78, 5) is 0. The Hall–Kier alpha value is -0.980. The number of hydrogen-bond donors (Lipinski definition) is 1. The van der Waals surface area contributed by atoms with E-state index in [1.54, 1.807) is 0 Å².